The lowest BCUT2D eigenvalue weighted by Crippen LogP contribution is -2.16. The first kappa shape index (κ1) is 11.4. The molecule has 0 spiro atoms. The SMILES string of the molecule is CC(C)C(Br)CC(Cl)(Cl)Cl. The molecule has 0 aliphatic rings. The summed E-state index contributed by atoms with van der Waals surface area (Å²) in [5.41, 5.74) is 0. The van der Waals surface area contributed by atoms with Gasteiger partial charge in [-0.15, -0.1) is 0 Å². The molecular weight excluding hydrogens is 258 g/mol. The third-order valence-electron chi connectivity index (χ3n) is 1.15. The Morgan fingerprint density at radius 1 is 1.30 bits per heavy atom. The predicted molar refractivity (Wildman–Crippen MR) is 52.5 cm³/mol. The topological polar surface area (TPSA) is 0 Å². The second kappa shape index (κ2) is 4.39. The minimum atomic E-state index is -1.13. The third kappa shape index (κ3) is 6.09. The molecule has 0 N–H and O–H groups in total. The average Bonchev–Trinajstić information content (AvgIpc) is 1.60. The van der Waals surface area contributed by atoms with Gasteiger partial charge in [-0.05, 0) is 5.92 Å². The van der Waals surface area contributed by atoms with Gasteiger partial charge in [0.15, 0.2) is 3.79 Å². The van der Waals surface area contributed by atoms with Crippen LogP contribution in [-0.2, 0) is 0 Å². The van der Waals surface area contributed by atoms with Crippen LogP contribution in [-0.4, -0.2) is 8.62 Å². The Kier molecular flexibility index (Phi) is 4.99. The van der Waals surface area contributed by atoms with Crippen LogP contribution in [0.1, 0.15) is 20.3 Å². The molecule has 0 fully saturated rings. The van der Waals surface area contributed by atoms with Crippen molar-refractivity contribution in [2.45, 2.75) is 28.9 Å². The Morgan fingerprint density at radius 3 is 1.80 bits per heavy atom. The molecule has 10 heavy (non-hydrogen) atoms. The van der Waals surface area contributed by atoms with E-state index < -0.39 is 3.79 Å². The van der Waals surface area contributed by atoms with E-state index in [1.165, 1.54) is 0 Å². The van der Waals surface area contributed by atoms with Crippen molar-refractivity contribution in [2.24, 2.45) is 5.92 Å². The zero-order chi connectivity index (χ0) is 8.36. The first-order chi connectivity index (χ1) is 4.33. The van der Waals surface area contributed by atoms with Gasteiger partial charge in [-0.25, -0.2) is 0 Å². The molecule has 0 saturated heterocycles. The molecule has 4 heteroatoms. The van der Waals surface area contributed by atoms with Crippen molar-refractivity contribution in [3.05, 3.63) is 0 Å². The van der Waals surface area contributed by atoms with E-state index in [1.807, 2.05) is 0 Å². The maximum absolute atomic E-state index is 5.57. The number of halogens is 4. The molecular formula is C6H10BrCl3. The van der Waals surface area contributed by atoms with Gasteiger partial charge in [-0.2, -0.15) is 0 Å². The Hall–Kier alpha value is 1.35. The maximum Gasteiger partial charge on any atom is 0.191 e. The fourth-order valence-corrected chi connectivity index (χ4v) is 2.00. The second-order valence-corrected chi connectivity index (χ2v) is 6.27. The Morgan fingerprint density at radius 2 is 1.70 bits per heavy atom. The van der Waals surface area contributed by atoms with E-state index in [4.69, 9.17) is 34.8 Å². The zero-order valence-corrected chi connectivity index (χ0v) is 9.73. The van der Waals surface area contributed by atoms with E-state index in [0.29, 0.717) is 12.3 Å². The van der Waals surface area contributed by atoms with Gasteiger partial charge in [0.2, 0.25) is 0 Å². The molecule has 0 heterocycles. The van der Waals surface area contributed by atoms with E-state index in [-0.39, 0.29) is 4.83 Å². The Bertz CT molecular complexity index is 97.7. The van der Waals surface area contributed by atoms with Crippen LogP contribution >= 0.6 is 50.7 Å². The van der Waals surface area contributed by atoms with Crippen molar-refractivity contribution < 1.29 is 0 Å². The van der Waals surface area contributed by atoms with Crippen LogP contribution < -0.4 is 0 Å². The normalized spacial score (nSPS) is 15.9. The molecule has 0 aromatic rings. The summed E-state index contributed by atoms with van der Waals surface area (Å²) in [6.45, 7) is 4.16. The highest BCUT2D eigenvalue weighted by Crippen LogP contribution is 2.35. The maximum atomic E-state index is 5.57. The minimum absolute atomic E-state index is 0.278. The van der Waals surface area contributed by atoms with Gasteiger partial charge in [0.1, 0.15) is 0 Å². The molecule has 0 amide bonds. The third-order valence-corrected chi connectivity index (χ3v) is 2.99. The van der Waals surface area contributed by atoms with Crippen LogP contribution in [0.3, 0.4) is 0 Å². The molecule has 0 aliphatic heterocycles. The lowest BCUT2D eigenvalue weighted by atomic mass is 10.1. The van der Waals surface area contributed by atoms with Gasteiger partial charge >= 0.3 is 0 Å². The summed E-state index contributed by atoms with van der Waals surface area (Å²) in [5, 5.41) is 0. The van der Waals surface area contributed by atoms with Gasteiger partial charge in [0.25, 0.3) is 0 Å². The number of rotatable bonds is 2. The van der Waals surface area contributed by atoms with E-state index in [9.17, 15) is 0 Å². The molecule has 0 aliphatic carbocycles. The smallest absolute Gasteiger partial charge is 0.0886 e. The Balaban J connectivity index is 3.68. The van der Waals surface area contributed by atoms with Gasteiger partial charge in [0, 0.05) is 11.2 Å². The molecule has 1 atom stereocenters. The largest absolute Gasteiger partial charge is 0.191 e. The van der Waals surface area contributed by atoms with Crippen molar-refractivity contribution >= 4 is 50.7 Å². The van der Waals surface area contributed by atoms with Gasteiger partial charge in [0.05, 0.1) is 0 Å². The van der Waals surface area contributed by atoms with Crippen LogP contribution in [0.5, 0.6) is 0 Å². The highest BCUT2D eigenvalue weighted by molar-refractivity contribution is 9.09. The first-order valence-corrected chi connectivity index (χ1v) is 5.08. The summed E-state index contributed by atoms with van der Waals surface area (Å²) in [5.74, 6) is 0.496. The standard InChI is InChI=1S/C6H10BrCl3/c1-4(2)5(7)3-6(8,9)10/h4-5H,3H2,1-2H3. The number of hydrogen-bond donors (Lipinski definition) is 0. The van der Waals surface area contributed by atoms with Gasteiger partial charge < -0.3 is 0 Å². The van der Waals surface area contributed by atoms with E-state index in [2.05, 4.69) is 29.8 Å². The lowest BCUT2D eigenvalue weighted by molar-refractivity contribution is 0.587. The van der Waals surface area contributed by atoms with Crippen LogP contribution in [0.2, 0.25) is 0 Å². The highest BCUT2D eigenvalue weighted by Gasteiger charge is 2.25. The zero-order valence-electron chi connectivity index (χ0n) is 5.87. The fraction of sp³-hybridized carbons (Fsp3) is 1.00. The minimum Gasteiger partial charge on any atom is -0.0886 e. The van der Waals surface area contributed by atoms with Crippen molar-refractivity contribution in [1.29, 1.82) is 0 Å². The van der Waals surface area contributed by atoms with Crippen molar-refractivity contribution in [3.63, 3.8) is 0 Å². The molecule has 1 unspecified atom stereocenters. The van der Waals surface area contributed by atoms with Crippen molar-refractivity contribution in [1.82, 2.24) is 0 Å². The molecule has 0 saturated carbocycles. The summed E-state index contributed by atoms with van der Waals surface area (Å²) in [4.78, 5) is 0.278. The van der Waals surface area contributed by atoms with E-state index in [0.717, 1.165) is 0 Å². The quantitative estimate of drug-likeness (QED) is 0.660. The van der Waals surface area contributed by atoms with Crippen LogP contribution in [0.4, 0.5) is 0 Å². The van der Waals surface area contributed by atoms with Crippen LogP contribution in [0, 0.1) is 5.92 Å². The number of hydrogen-bond acceptors (Lipinski definition) is 0. The van der Waals surface area contributed by atoms with E-state index in [1.54, 1.807) is 0 Å². The summed E-state index contributed by atoms with van der Waals surface area (Å²) in [7, 11) is 0. The van der Waals surface area contributed by atoms with Crippen LogP contribution in [0.15, 0.2) is 0 Å². The lowest BCUT2D eigenvalue weighted by Gasteiger charge is -2.18. The highest BCUT2D eigenvalue weighted by atomic mass is 79.9. The van der Waals surface area contributed by atoms with Gasteiger partial charge in [-0.3, -0.25) is 0 Å². The summed E-state index contributed by atoms with van der Waals surface area (Å²) in [6.07, 6.45) is 0.551. The summed E-state index contributed by atoms with van der Waals surface area (Å²) < 4.78 is -1.13. The molecule has 62 valence electrons. The molecule has 0 nitrogen and oxygen atoms in total. The predicted octanol–water partition coefficient (Wildman–Crippen LogP) is 4.17. The van der Waals surface area contributed by atoms with Gasteiger partial charge in [-0.1, -0.05) is 64.6 Å². The molecule has 0 radical (unpaired) electrons. The van der Waals surface area contributed by atoms with Crippen LogP contribution in [0.25, 0.3) is 0 Å². The summed E-state index contributed by atoms with van der Waals surface area (Å²) in [6, 6.07) is 0. The summed E-state index contributed by atoms with van der Waals surface area (Å²) >= 11 is 20.1. The van der Waals surface area contributed by atoms with Crippen molar-refractivity contribution in [3.8, 4) is 0 Å². The first-order valence-electron chi connectivity index (χ1n) is 3.04. The molecule has 0 bridgehead atoms. The molecule has 0 aromatic heterocycles. The molecule has 0 rings (SSSR count). The monoisotopic (exact) mass is 266 g/mol. The van der Waals surface area contributed by atoms with Crippen molar-refractivity contribution in [2.75, 3.05) is 0 Å². The Labute approximate surface area is 85.3 Å². The average molecular weight is 268 g/mol. The van der Waals surface area contributed by atoms with E-state index >= 15 is 0 Å². The second-order valence-electron chi connectivity index (χ2n) is 2.58. The fourth-order valence-electron chi connectivity index (χ4n) is 0.457. The number of alkyl halides is 4. The molecule has 0 aromatic carbocycles.